The molecule has 0 radical (unpaired) electrons. The summed E-state index contributed by atoms with van der Waals surface area (Å²) in [5.41, 5.74) is 0.386. The predicted molar refractivity (Wildman–Crippen MR) is 85.9 cm³/mol. The zero-order chi connectivity index (χ0) is 15.8. The Morgan fingerprint density at radius 2 is 1.62 bits per heavy atom. The van der Waals surface area contributed by atoms with Gasteiger partial charge < -0.3 is 15.5 Å². The highest BCUT2D eigenvalue weighted by atomic mass is 35.5. The summed E-state index contributed by atoms with van der Waals surface area (Å²) in [6.45, 7) is 7.01. The number of benzene rings is 1. The molecule has 0 unspecified atom stereocenters. The number of anilines is 1. The van der Waals surface area contributed by atoms with Crippen molar-refractivity contribution < 1.29 is 9.59 Å². The fraction of sp³-hybridized carbons (Fsp3) is 0.429. The fourth-order valence-electron chi connectivity index (χ4n) is 1.76. The summed E-state index contributed by atoms with van der Waals surface area (Å²) in [7, 11) is 0. The number of likely N-dealkylation sites (N-methyl/N-ethyl adjacent to an activating group) is 1. The van der Waals surface area contributed by atoms with Crippen LogP contribution in [0, 0.1) is 0 Å². The minimum absolute atomic E-state index is 0.386. The van der Waals surface area contributed by atoms with Crippen LogP contribution in [0.4, 0.5) is 5.69 Å². The van der Waals surface area contributed by atoms with Gasteiger partial charge in [-0.1, -0.05) is 37.0 Å². The summed E-state index contributed by atoms with van der Waals surface area (Å²) < 4.78 is 0. The Balaban J connectivity index is 2.46. The summed E-state index contributed by atoms with van der Waals surface area (Å²) in [5.74, 6) is -1.42. The molecule has 0 aromatic heterocycles. The standard InChI is InChI=1S/C14H19Cl2N3O2/c1-3-19(4-2)6-5-17-13(20)14(21)18-12-8-10(15)7-11(16)9-12/h7-9H,3-6H2,1-2H3,(H,17,20)(H,18,21). The van der Waals surface area contributed by atoms with Gasteiger partial charge in [-0.15, -0.1) is 0 Å². The third kappa shape index (κ3) is 6.33. The van der Waals surface area contributed by atoms with Crippen molar-refractivity contribution in [2.24, 2.45) is 0 Å². The Morgan fingerprint density at radius 1 is 1.05 bits per heavy atom. The van der Waals surface area contributed by atoms with Gasteiger partial charge >= 0.3 is 11.8 Å². The van der Waals surface area contributed by atoms with Crippen molar-refractivity contribution in [3.8, 4) is 0 Å². The van der Waals surface area contributed by atoms with E-state index >= 15 is 0 Å². The first-order valence-corrected chi connectivity index (χ1v) is 7.49. The van der Waals surface area contributed by atoms with Gasteiger partial charge in [-0.3, -0.25) is 9.59 Å². The first-order chi connectivity index (χ1) is 9.96. The van der Waals surface area contributed by atoms with Crippen LogP contribution < -0.4 is 10.6 Å². The van der Waals surface area contributed by atoms with Gasteiger partial charge in [0.1, 0.15) is 0 Å². The van der Waals surface area contributed by atoms with Crippen LogP contribution >= 0.6 is 23.2 Å². The topological polar surface area (TPSA) is 61.4 Å². The average molecular weight is 332 g/mol. The van der Waals surface area contributed by atoms with E-state index in [0.717, 1.165) is 13.1 Å². The molecule has 21 heavy (non-hydrogen) atoms. The molecule has 0 aliphatic rings. The van der Waals surface area contributed by atoms with E-state index in [-0.39, 0.29) is 0 Å². The normalized spacial score (nSPS) is 10.5. The van der Waals surface area contributed by atoms with Crippen molar-refractivity contribution >= 4 is 40.7 Å². The van der Waals surface area contributed by atoms with Gasteiger partial charge in [-0.05, 0) is 31.3 Å². The maximum Gasteiger partial charge on any atom is 0.313 e. The summed E-state index contributed by atoms with van der Waals surface area (Å²) in [6, 6.07) is 4.59. The van der Waals surface area contributed by atoms with E-state index in [0.29, 0.717) is 28.8 Å². The molecule has 0 saturated carbocycles. The van der Waals surface area contributed by atoms with Crippen LogP contribution in [0.5, 0.6) is 0 Å². The Labute approximate surface area is 134 Å². The maximum absolute atomic E-state index is 11.7. The third-order valence-electron chi connectivity index (χ3n) is 2.93. The van der Waals surface area contributed by atoms with Crippen molar-refractivity contribution in [2.75, 3.05) is 31.5 Å². The molecule has 0 aliphatic carbocycles. The van der Waals surface area contributed by atoms with Gasteiger partial charge in [-0.25, -0.2) is 0 Å². The maximum atomic E-state index is 11.7. The third-order valence-corrected chi connectivity index (χ3v) is 3.37. The van der Waals surface area contributed by atoms with Crippen LogP contribution in [0.2, 0.25) is 10.0 Å². The van der Waals surface area contributed by atoms with E-state index in [4.69, 9.17) is 23.2 Å². The molecule has 1 rings (SSSR count). The smallest absolute Gasteiger partial charge is 0.313 e. The molecule has 7 heteroatoms. The Bertz CT molecular complexity index is 485. The number of carbonyl (C=O) groups excluding carboxylic acids is 2. The molecular weight excluding hydrogens is 313 g/mol. The number of halogens is 2. The van der Waals surface area contributed by atoms with E-state index in [2.05, 4.69) is 15.5 Å². The van der Waals surface area contributed by atoms with Crippen LogP contribution in [0.15, 0.2) is 18.2 Å². The zero-order valence-corrected chi connectivity index (χ0v) is 13.6. The van der Waals surface area contributed by atoms with E-state index in [1.54, 1.807) is 6.07 Å². The molecule has 0 saturated heterocycles. The van der Waals surface area contributed by atoms with Gasteiger partial charge in [0.25, 0.3) is 0 Å². The van der Waals surface area contributed by atoms with Crippen molar-refractivity contribution in [2.45, 2.75) is 13.8 Å². The monoisotopic (exact) mass is 331 g/mol. The van der Waals surface area contributed by atoms with Gasteiger partial charge in [0, 0.05) is 28.8 Å². The zero-order valence-electron chi connectivity index (χ0n) is 12.1. The number of rotatable bonds is 6. The second kappa shape index (κ2) is 8.87. The number of hydrogen-bond donors (Lipinski definition) is 2. The molecule has 0 spiro atoms. The lowest BCUT2D eigenvalue weighted by Crippen LogP contribution is -2.40. The molecule has 5 nitrogen and oxygen atoms in total. The summed E-state index contributed by atoms with van der Waals surface area (Å²) in [4.78, 5) is 25.5. The highest BCUT2D eigenvalue weighted by Gasteiger charge is 2.14. The van der Waals surface area contributed by atoms with Crippen LogP contribution in [0.1, 0.15) is 13.8 Å². The van der Waals surface area contributed by atoms with E-state index in [9.17, 15) is 9.59 Å². The van der Waals surface area contributed by atoms with E-state index < -0.39 is 11.8 Å². The Kier molecular flexibility index (Phi) is 7.50. The molecule has 2 N–H and O–H groups in total. The Morgan fingerprint density at radius 3 is 2.14 bits per heavy atom. The first-order valence-electron chi connectivity index (χ1n) is 6.73. The number of nitrogens with zero attached hydrogens (tertiary/aromatic N) is 1. The van der Waals surface area contributed by atoms with Crippen LogP contribution in [-0.4, -0.2) is 42.9 Å². The van der Waals surface area contributed by atoms with Crippen LogP contribution in [0.25, 0.3) is 0 Å². The van der Waals surface area contributed by atoms with E-state index in [1.165, 1.54) is 12.1 Å². The molecule has 2 amide bonds. The molecule has 1 aromatic rings. The van der Waals surface area contributed by atoms with Gasteiger partial charge in [0.15, 0.2) is 0 Å². The molecule has 116 valence electrons. The summed E-state index contributed by atoms with van der Waals surface area (Å²) in [6.07, 6.45) is 0. The number of amides is 2. The van der Waals surface area contributed by atoms with E-state index in [1.807, 2.05) is 13.8 Å². The average Bonchev–Trinajstić information content (AvgIpc) is 2.42. The van der Waals surface area contributed by atoms with Crippen molar-refractivity contribution in [3.63, 3.8) is 0 Å². The molecule has 0 aliphatic heterocycles. The SMILES string of the molecule is CCN(CC)CCNC(=O)C(=O)Nc1cc(Cl)cc(Cl)c1. The molecule has 0 heterocycles. The first kappa shape index (κ1) is 17.8. The van der Waals surface area contributed by atoms with Crippen LogP contribution in [0.3, 0.4) is 0 Å². The largest absolute Gasteiger partial charge is 0.347 e. The van der Waals surface area contributed by atoms with Crippen molar-refractivity contribution in [1.29, 1.82) is 0 Å². The molecular formula is C14H19Cl2N3O2. The molecule has 0 fully saturated rings. The number of hydrogen-bond acceptors (Lipinski definition) is 3. The molecule has 0 bridgehead atoms. The highest BCUT2D eigenvalue weighted by Crippen LogP contribution is 2.22. The lowest BCUT2D eigenvalue weighted by Gasteiger charge is -2.17. The Hall–Kier alpha value is -1.30. The van der Waals surface area contributed by atoms with Gasteiger partial charge in [0.2, 0.25) is 0 Å². The quantitative estimate of drug-likeness (QED) is 0.787. The van der Waals surface area contributed by atoms with Crippen LogP contribution in [-0.2, 0) is 9.59 Å². The van der Waals surface area contributed by atoms with Gasteiger partial charge in [0.05, 0.1) is 0 Å². The minimum Gasteiger partial charge on any atom is -0.347 e. The summed E-state index contributed by atoms with van der Waals surface area (Å²) in [5, 5.41) is 5.81. The molecule has 0 atom stereocenters. The second-order valence-corrected chi connectivity index (χ2v) is 5.27. The predicted octanol–water partition coefficient (Wildman–Crippen LogP) is 2.39. The van der Waals surface area contributed by atoms with Crippen molar-refractivity contribution in [1.82, 2.24) is 10.2 Å². The number of nitrogens with one attached hydrogen (secondary N) is 2. The minimum atomic E-state index is -0.743. The fourth-order valence-corrected chi connectivity index (χ4v) is 2.29. The number of carbonyl (C=O) groups is 2. The lowest BCUT2D eigenvalue weighted by atomic mass is 10.3. The second-order valence-electron chi connectivity index (χ2n) is 4.40. The highest BCUT2D eigenvalue weighted by molar-refractivity contribution is 6.40. The summed E-state index contributed by atoms with van der Waals surface area (Å²) >= 11 is 11.6. The van der Waals surface area contributed by atoms with Crippen molar-refractivity contribution in [3.05, 3.63) is 28.2 Å². The lowest BCUT2D eigenvalue weighted by molar-refractivity contribution is -0.136. The van der Waals surface area contributed by atoms with Gasteiger partial charge in [-0.2, -0.15) is 0 Å². The molecule has 1 aromatic carbocycles.